The number of carbonyl (C=O) groups excluding carboxylic acids is 1. The van der Waals surface area contributed by atoms with Gasteiger partial charge in [-0.05, 0) is 44.9 Å². The maximum absolute atomic E-state index is 13.0. The summed E-state index contributed by atoms with van der Waals surface area (Å²) in [5, 5.41) is 3.42. The molecule has 1 aliphatic carbocycles. The molecule has 1 fully saturated rings. The van der Waals surface area contributed by atoms with E-state index in [9.17, 15) is 4.79 Å². The zero-order valence-corrected chi connectivity index (χ0v) is 17.9. The van der Waals surface area contributed by atoms with Gasteiger partial charge in [-0.3, -0.25) is 4.79 Å². The number of aromatic nitrogens is 3. The van der Waals surface area contributed by atoms with Gasteiger partial charge in [0, 0.05) is 11.6 Å². The van der Waals surface area contributed by atoms with Gasteiger partial charge >= 0.3 is 0 Å². The summed E-state index contributed by atoms with van der Waals surface area (Å²) in [6.07, 6.45) is 3.90. The summed E-state index contributed by atoms with van der Waals surface area (Å²) in [4.78, 5) is 25.7. The third-order valence-electron chi connectivity index (χ3n) is 5.54. The smallest absolute Gasteiger partial charge is 0.229 e. The molecule has 0 bridgehead atoms. The van der Waals surface area contributed by atoms with Gasteiger partial charge in [0.15, 0.2) is 5.75 Å². The van der Waals surface area contributed by atoms with E-state index in [1.165, 1.54) is 11.8 Å². The maximum atomic E-state index is 13.0. The fourth-order valence-electron chi connectivity index (χ4n) is 3.68. The quantitative estimate of drug-likeness (QED) is 0.636. The lowest BCUT2D eigenvalue weighted by atomic mass is 9.93. The van der Waals surface area contributed by atoms with Gasteiger partial charge in [-0.15, -0.1) is 0 Å². The molecule has 3 aromatic rings. The molecule has 1 N–H and O–H groups in total. The van der Waals surface area contributed by atoms with Crippen molar-refractivity contribution in [3.63, 3.8) is 0 Å². The molecule has 2 unspecified atom stereocenters. The first kappa shape index (κ1) is 20.3. The molecule has 0 radical (unpaired) electrons. The molecule has 0 aliphatic heterocycles. The minimum Gasteiger partial charge on any atom is -0.489 e. The van der Waals surface area contributed by atoms with E-state index in [0.29, 0.717) is 35.4 Å². The van der Waals surface area contributed by atoms with Crippen LogP contribution in [0.3, 0.4) is 0 Å². The molecule has 1 aromatic carbocycles. The zero-order chi connectivity index (χ0) is 21.3. The van der Waals surface area contributed by atoms with E-state index in [0.717, 1.165) is 11.3 Å². The first-order chi connectivity index (χ1) is 14.4. The summed E-state index contributed by atoms with van der Waals surface area (Å²) >= 11 is 5.88. The maximum Gasteiger partial charge on any atom is 0.229 e. The molecule has 1 aliphatic rings. The van der Waals surface area contributed by atoms with Crippen molar-refractivity contribution in [2.45, 2.75) is 32.6 Å². The predicted octanol–water partition coefficient (Wildman–Crippen LogP) is 4.43. The van der Waals surface area contributed by atoms with Gasteiger partial charge in [0.2, 0.25) is 5.91 Å². The van der Waals surface area contributed by atoms with E-state index < -0.39 is 5.41 Å². The summed E-state index contributed by atoms with van der Waals surface area (Å²) < 4.78 is 6.11. The Bertz CT molecular complexity index is 1070. The molecule has 154 valence electrons. The van der Waals surface area contributed by atoms with Crippen LogP contribution in [0.1, 0.15) is 29.1 Å². The normalized spacial score (nSPS) is 19.9. The van der Waals surface area contributed by atoms with Crippen LogP contribution in [0.2, 0.25) is 5.02 Å². The highest BCUT2D eigenvalue weighted by Gasteiger charge is 2.60. The average Bonchev–Trinajstić information content (AvgIpc) is 3.45. The molecule has 7 heteroatoms. The van der Waals surface area contributed by atoms with Crippen LogP contribution in [0.15, 0.2) is 48.8 Å². The summed E-state index contributed by atoms with van der Waals surface area (Å²) in [5.74, 6) is 1.53. The van der Waals surface area contributed by atoms with Gasteiger partial charge in [-0.25, -0.2) is 15.0 Å². The number of carbonyl (C=O) groups is 1. The van der Waals surface area contributed by atoms with Gasteiger partial charge < -0.3 is 10.1 Å². The van der Waals surface area contributed by atoms with Crippen molar-refractivity contribution in [2.24, 2.45) is 5.92 Å². The second-order valence-electron chi connectivity index (χ2n) is 7.79. The number of nitrogens with zero attached hydrogens (tertiary/aromatic N) is 3. The molecule has 1 amide bonds. The van der Waals surface area contributed by atoms with Crippen LogP contribution in [0.4, 0.5) is 5.82 Å². The number of rotatable bonds is 6. The highest BCUT2D eigenvalue weighted by Crippen LogP contribution is 2.55. The van der Waals surface area contributed by atoms with E-state index in [4.69, 9.17) is 16.3 Å². The number of halogens is 1. The number of nitrogens with one attached hydrogen (secondary N) is 1. The summed E-state index contributed by atoms with van der Waals surface area (Å²) in [6.45, 7) is 6.15. The van der Waals surface area contributed by atoms with E-state index in [1.54, 1.807) is 18.3 Å². The monoisotopic (exact) mass is 422 g/mol. The minimum absolute atomic E-state index is 0.0779. The van der Waals surface area contributed by atoms with Gasteiger partial charge in [0.25, 0.3) is 0 Å². The van der Waals surface area contributed by atoms with Gasteiger partial charge in [-0.1, -0.05) is 41.4 Å². The van der Waals surface area contributed by atoms with Crippen LogP contribution in [0.25, 0.3) is 0 Å². The summed E-state index contributed by atoms with van der Waals surface area (Å²) in [6, 6.07) is 11.7. The second kappa shape index (κ2) is 8.03. The van der Waals surface area contributed by atoms with Crippen molar-refractivity contribution in [1.29, 1.82) is 0 Å². The predicted molar refractivity (Wildman–Crippen MR) is 116 cm³/mol. The lowest BCUT2D eigenvalue weighted by Gasteiger charge is -2.20. The molecule has 2 atom stereocenters. The van der Waals surface area contributed by atoms with Crippen molar-refractivity contribution >= 4 is 23.3 Å². The molecule has 6 nitrogen and oxygen atoms in total. The molecule has 0 spiro atoms. The Morgan fingerprint density at radius 1 is 1.13 bits per heavy atom. The molecule has 1 saturated carbocycles. The fourth-order valence-corrected chi connectivity index (χ4v) is 3.79. The Labute approximate surface area is 180 Å². The van der Waals surface area contributed by atoms with Crippen LogP contribution < -0.4 is 10.1 Å². The Morgan fingerprint density at radius 3 is 2.57 bits per heavy atom. The molecule has 4 rings (SSSR count). The first-order valence-corrected chi connectivity index (χ1v) is 10.2. The standard InChI is InChI=1S/C23H23ClN4O2/c1-14-4-6-17(7-5-14)23(13-30-20-12-25-16(3)27-15(20)2)10-19(23)22(29)28-21-9-8-18(24)11-26-21/h4-9,11-12,19H,10,13H2,1-3H3,(H,26,28,29). The van der Waals surface area contributed by atoms with Crippen molar-refractivity contribution in [1.82, 2.24) is 15.0 Å². The fraction of sp³-hybridized carbons (Fsp3) is 0.304. The molecular formula is C23H23ClN4O2. The van der Waals surface area contributed by atoms with Crippen LogP contribution in [-0.4, -0.2) is 27.5 Å². The third-order valence-corrected chi connectivity index (χ3v) is 5.76. The van der Waals surface area contributed by atoms with Crippen molar-refractivity contribution in [3.05, 3.63) is 76.5 Å². The SMILES string of the molecule is Cc1ccc(C2(COc3cnc(C)nc3C)CC2C(=O)Nc2ccc(Cl)cn2)cc1. The Balaban J connectivity index is 1.55. The van der Waals surface area contributed by atoms with Crippen LogP contribution in [0.5, 0.6) is 5.75 Å². The number of hydrogen-bond acceptors (Lipinski definition) is 5. The Kier molecular flexibility index (Phi) is 5.43. The first-order valence-electron chi connectivity index (χ1n) is 9.80. The van der Waals surface area contributed by atoms with E-state index in [-0.39, 0.29) is 11.8 Å². The van der Waals surface area contributed by atoms with Crippen molar-refractivity contribution in [3.8, 4) is 5.75 Å². The molecule has 2 heterocycles. The number of aryl methyl sites for hydroxylation is 3. The molecule has 30 heavy (non-hydrogen) atoms. The number of ether oxygens (including phenoxy) is 1. The van der Waals surface area contributed by atoms with Crippen LogP contribution in [-0.2, 0) is 10.2 Å². The van der Waals surface area contributed by atoms with E-state index in [2.05, 4.69) is 44.5 Å². The highest BCUT2D eigenvalue weighted by molar-refractivity contribution is 6.30. The number of anilines is 1. The van der Waals surface area contributed by atoms with Crippen LogP contribution in [0, 0.1) is 26.7 Å². The lowest BCUT2D eigenvalue weighted by molar-refractivity contribution is -0.117. The number of pyridine rings is 1. The van der Waals surface area contributed by atoms with Gasteiger partial charge in [0.1, 0.15) is 11.6 Å². The molecular weight excluding hydrogens is 400 g/mol. The van der Waals surface area contributed by atoms with Crippen LogP contribution >= 0.6 is 11.6 Å². The summed E-state index contributed by atoms with van der Waals surface area (Å²) in [7, 11) is 0. The van der Waals surface area contributed by atoms with Gasteiger partial charge in [-0.2, -0.15) is 0 Å². The lowest BCUT2D eigenvalue weighted by Crippen LogP contribution is -2.27. The number of benzene rings is 1. The minimum atomic E-state index is -0.401. The number of amides is 1. The largest absolute Gasteiger partial charge is 0.489 e. The second-order valence-corrected chi connectivity index (χ2v) is 8.22. The van der Waals surface area contributed by atoms with Crippen molar-refractivity contribution in [2.75, 3.05) is 11.9 Å². The van der Waals surface area contributed by atoms with E-state index in [1.807, 2.05) is 20.8 Å². The van der Waals surface area contributed by atoms with E-state index >= 15 is 0 Å². The number of hydrogen-bond donors (Lipinski definition) is 1. The summed E-state index contributed by atoms with van der Waals surface area (Å²) in [5.41, 5.74) is 2.64. The molecule has 2 aromatic heterocycles. The van der Waals surface area contributed by atoms with Gasteiger partial charge in [0.05, 0.1) is 29.4 Å². The highest BCUT2D eigenvalue weighted by atomic mass is 35.5. The topological polar surface area (TPSA) is 77.0 Å². The zero-order valence-electron chi connectivity index (χ0n) is 17.1. The van der Waals surface area contributed by atoms with Crippen molar-refractivity contribution < 1.29 is 9.53 Å². The Morgan fingerprint density at radius 2 is 1.90 bits per heavy atom. The Hall–Kier alpha value is -2.99. The third kappa shape index (κ3) is 4.14. The molecule has 0 saturated heterocycles. The average molecular weight is 423 g/mol.